The molecule has 124 valence electrons. The molecular weight excluding hydrogens is 334 g/mol. The van der Waals surface area contributed by atoms with Gasteiger partial charge in [-0.15, -0.1) is 0 Å². The molecule has 0 aliphatic carbocycles. The summed E-state index contributed by atoms with van der Waals surface area (Å²) in [7, 11) is 1.54. The Morgan fingerprint density at radius 1 is 1.25 bits per heavy atom. The van der Waals surface area contributed by atoms with Crippen molar-refractivity contribution in [3.05, 3.63) is 58.4 Å². The van der Waals surface area contributed by atoms with E-state index in [2.05, 4.69) is 4.99 Å². The van der Waals surface area contributed by atoms with E-state index in [9.17, 15) is 13.6 Å². The number of rotatable bonds is 3. The molecule has 0 bridgehead atoms. The molecule has 1 heterocycles. The van der Waals surface area contributed by atoms with Crippen molar-refractivity contribution in [1.29, 1.82) is 0 Å². The van der Waals surface area contributed by atoms with E-state index in [0.717, 1.165) is 17.4 Å². The van der Waals surface area contributed by atoms with Gasteiger partial charge in [0.15, 0.2) is 10.6 Å². The minimum absolute atomic E-state index is 0.255. The Kier molecular flexibility index (Phi) is 4.44. The fourth-order valence-corrected chi connectivity index (χ4v) is 3.52. The van der Waals surface area contributed by atoms with Gasteiger partial charge in [-0.3, -0.25) is 4.79 Å². The van der Waals surface area contributed by atoms with E-state index in [-0.39, 0.29) is 5.52 Å². The maximum atomic E-state index is 14.1. The minimum atomic E-state index is -0.665. The number of ether oxygens (including phenoxy) is 1. The Morgan fingerprint density at radius 2 is 1.96 bits per heavy atom. The van der Waals surface area contributed by atoms with E-state index in [1.165, 1.54) is 13.2 Å². The van der Waals surface area contributed by atoms with Crippen LogP contribution in [0, 0.1) is 11.6 Å². The van der Waals surface area contributed by atoms with Crippen molar-refractivity contribution in [3.63, 3.8) is 0 Å². The van der Waals surface area contributed by atoms with Crippen molar-refractivity contribution >= 4 is 27.5 Å². The van der Waals surface area contributed by atoms with Crippen LogP contribution >= 0.6 is 11.3 Å². The quantitative estimate of drug-likeness (QED) is 0.723. The minimum Gasteiger partial charge on any atom is -0.497 e. The summed E-state index contributed by atoms with van der Waals surface area (Å²) in [6, 6.07) is 8.61. The van der Waals surface area contributed by atoms with Crippen LogP contribution in [0.2, 0.25) is 0 Å². The molecule has 0 atom stereocenters. The van der Waals surface area contributed by atoms with Gasteiger partial charge in [0.1, 0.15) is 11.6 Å². The average molecular weight is 348 g/mol. The molecule has 1 aromatic heterocycles. The first-order valence-corrected chi connectivity index (χ1v) is 8.06. The monoisotopic (exact) mass is 348 g/mol. The first-order chi connectivity index (χ1) is 11.5. The zero-order valence-corrected chi connectivity index (χ0v) is 13.9. The van der Waals surface area contributed by atoms with Gasteiger partial charge in [-0.1, -0.05) is 11.3 Å². The maximum absolute atomic E-state index is 14.1. The van der Waals surface area contributed by atoms with Crippen LogP contribution in [0.1, 0.15) is 17.3 Å². The summed E-state index contributed by atoms with van der Waals surface area (Å²) in [5.74, 6) is -1.14. The van der Waals surface area contributed by atoms with Crippen molar-refractivity contribution in [2.24, 2.45) is 4.99 Å². The summed E-state index contributed by atoms with van der Waals surface area (Å²) in [5, 5.41) is 0. The number of carbonyl (C=O) groups is 1. The summed E-state index contributed by atoms with van der Waals surface area (Å²) in [4.78, 5) is 16.7. The molecule has 2 aromatic carbocycles. The standard InChI is InChI=1S/C17H14F2N2O2S/c1-3-21-15-13(19)8-11(18)9-14(15)24-17(21)20-16(22)10-4-6-12(23-2)7-5-10/h4-9H,3H2,1-2H3. The second kappa shape index (κ2) is 6.52. The fourth-order valence-electron chi connectivity index (χ4n) is 2.39. The molecule has 0 unspecified atom stereocenters. The smallest absolute Gasteiger partial charge is 0.279 e. The molecule has 0 aliphatic rings. The number of hydrogen-bond donors (Lipinski definition) is 0. The third kappa shape index (κ3) is 2.94. The van der Waals surface area contributed by atoms with Crippen molar-refractivity contribution in [3.8, 4) is 5.75 Å². The summed E-state index contributed by atoms with van der Waals surface area (Å²) < 4.78 is 34.5. The van der Waals surface area contributed by atoms with E-state index in [4.69, 9.17) is 4.74 Å². The van der Waals surface area contributed by atoms with Gasteiger partial charge in [0.2, 0.25) is 0 Å². The lowest BCUT2D eigenvalue weighted by molar-refractivity contribution is 0.0998. The summed E-state index contributed by atoms with van der Waals surface area (Å²) in [5.41, 5.74) is 0.646. The van der Waals surface area contributed by atoms with Crippen LogP contribution in [0.25, 0.3) is 10.2 Å². The lowest BCUT2D eigenvalue weighted by Gasteiger charge is -2.02. The molecule has 1 amide bonds. The highest BCUT2D eigenvalue weighted by Crippen LogP contribution is 2.22. The van der Waals surface area contributed by atoms with E-state index in [1.807, 2.05) is 6.92 Å². The largest absolute Gasteiger partial charge is 0.497 e. The zero-order chi connectivity index (χ0) is 17.3. The number of aromatic nitrogens is 1. The van der Waals surface area contributed by atoms with Gasteiger partial charge in [-0.2, -0.15) is 4.99 Å². The average Bonchev–Trinajstić information content (AvgIpc) is 2.92. The second-order valence-electron chi connectivity index (χ2n) is 5.01. The summed E-state index contributed by atoms with van der Waals surface area (Å²) >= 11 is 1.08. The molecule has 3 aromatic rings. The van der Waals surface area contributed by atoms with Gasteiger partial charge in [-0.05, 0) is 37.3 Å². The van der Waals surface area contributed by atoms with Crippen molar-refractivity contribution in [1.82, 2.24) is 4.57 Å². The zero-order valence-electron chi connectivity index (χ0n) is 13.0. The maximum Gasteiger partial charge on any atom is 0.279 e. The second-order valence-corrected chi connectivity index (χ2v) is 6.02. The topological polar surface area (TPSA) is 43.6 Å². The third-order valence-corrected chi connectivity index (χ3v) is 4.57. The van der Waals surface area contributed by atoms with Crippen LogP contribution in [0.5, 0.6) is 5.75 Å². The number of amides is 1. The van der Waals surface area contributed by atoms with Crippen LogP contribution in [0.3, 0.4) is 0 Å². The van der Waals surface area contributed by atoms with E-state index >= 15 is 0 Å². The van der Waals surface area contributed by atoms with Gasteiger partial charge in [0.25, 0.3) is 5.91 Å². The van der Waals surface area contributed by atoms with Crippen LogP contribution in [-0.4, -0.2) is 17.6 Å². The van der Waals surface area contributed by atoms with E-state index < -0.39 is 17.5 Å². The molecule has 0 spiro atoms. The molecule has 0 radical (unpaired) electrons. The van der Waals surface area contributed by atoms with Gasteiger partial charge < -0.3 is 9.30 Å². The predicted molar refractivity (Wildman–Crippen MR) is 88.3 cm³/mol. The lowest BCUT2D eigenvalue weighted by Crippen LogP contribution is -2.16. The molecule has 4 nitrogen and oxygen atoms in total. The molecule has 3 rings (SSSR count). The number of nitrogens with zero attached hydrogens (tertiary/aromatic N) is 2. The van der Waals surface area contributed by atoms with Gasteiger partial charge in [-0.25, -0.2) is 8.78 Å². The van der Waals surface area contributed by atoms with Gasteiger partial charge in [0, 0.05) is 18.2 Å². The SMILES string of the molecule is CCn1c(=NC(=O)c2ccc(OC)cc2)sc2cc(F)cc(F)c21. The number of thiazole rings is 1. The molecule has 7 heteroatoms. The number of fused-ring (bicyclic) bond motifs is 1. The highest BCUT2D eigenvalue weighted by molar-refractivity contribution is 7.16. The van der Waals surface area contributed by atoms with Crippen molar-refractivity contribution in [2.75, 3.05) is 7.11 Å². The Balaban J connectivity index is 2.11. The Hall–Kier alpha value is -2.54. The molecular formula is C17H14F2N2O2S. The normalized spacial score (nSPS) is 11.9. The van der Waals surface area contributed by atoms with E-state index in [0.29, 0.717) is 27.4 Å². The number of hydrogen-bond acceptors (Lipinski definition) is 3. The number of halogens is 2. The highest BCUT2D eigenvalue weighted by Gasteiger charge is 2.13. The lowest BCUT2D eigenvalue weighted by atomic mass is 10.2. The molecule has 0 aliphatic heterocycles. The Morgan fingerprint density at radius 3 is 2.58 bits per heavy atom. The molecule has 24 heavy (non-hydrogen) atoms. The third-order valence-electron chi connectivity index (χ3n) is 3.55. The summed E-state index contributed by atoms with van der Waals surface area (Å²) in [6.07, 6.45) is 0. The Labute approximate surface area is 140 Å². The van der Waals surface area contributed by atoms with Crippen molar-refractivity contribution in [2.45, 2.75) is 13.5 Å². The molecule has 0 saturated heterocycles. The molecule has 0 N–H and O–H groups in total. The van der Waals surface area contributed by atoms with Gasteiger partial charge >= 0.3 is 0 Å². The van der Waals surface area contributed by atoms with E-state index in [1.54, 1.807) is 28.8 Å². The Bertz CT molecular complexity index is 975. The molecule has 0 saturated carbocycles. The number of carbonyl (C=O) groups excluding carboxylic acids is 1. The predicted octanol–water partition coefficient (Wildman–Crippen LogP) is 3.75. The number of methoxy groups -OCH3 is 1. The van der Waals surface area contributed by atoms with Crippen LogP contribution < -0.4 is 9.54 Å². The van der Waals surface area contributed by atoms with Crippen LogP contribution in [-0.2, 0) is 6.54 Å². The number of benzene rings is 2. The van der Waals surface area contributed by atoms with Gasteiger partial charge in [0.05, 0.1) is 17.3 Å². The van der Waals surface area contributed by atoms with Crippen LogP contribution in [0.4, 0.5) is 8.78 Å². The fraction of sp³-hybridized carbons (Fsp3) is 0.176. The molecule has 0 fully saturated rings. The highest BCUT2D eigenvalue weighted by atomic mass is 32.1. The first-order valence-electron chi connectivity index (χ1n) is 7.25. The first kappa shape index (κ1) is 16.3. The van der Waals surface area contributed by atoms with Crippen molar-refractivity contribution < 1.29 is 18.3 Å². The number of aryl methyl sites for hydroxylation is 1. The summed E-state index contributed by atoms with van der Waals surface area (Å²) in [6.45, 7) is 2.23. The van der Waals surface area contributed by atoms with Crippen LogP contribution in [0.15, 0.2) is 41.4 Å².